The first-order chi connectivity index (χ1) is 14.5. The predicted molar refractivity (Wildman–Crippen MR) is 115 cm³/mol. The molecule has 0 N–H and O–H groups in total. The van der Waals surface area contributed by atoms with Crippen molar-refractivity contribution in [1.82, 2.24) is 10.1 Å². The van der Waals surface area contributed by atoms with Gasteiger partial charge in [-0.15, -0.1) is 0 Å². The molecule has 3 aromatic rings. The molecule has 0 bridgehead atoms. The zero-order chi connectivity index (χ0) is 21.1. The molecule has 156 valence electrons. The summed E-state index contributed by atoms with van der Waals surface area (Å²) in [6.45, 7) is 6.09. The number of carbonyl (C=O) groups is 1. The molecule has 0 aliphatic carbocycles. The van der Waals surface area contributed by atoms with Gasteiger partial charge in [-0.1, -0.05) is 41.6 Å². The van der Waals surface area contributed by atoms with Gasteiger partial charge in [0.05, 0.1) is 12.1 Å². The van der Waals surface area contributed by atoms with Crippen molar-refractivity contribution in [2.75, 3.05) is 18.0 Å². The van der Waals surface area contributed by atoms with E-state index in [2.05, 4.69) is 10.1 Å². The maximum atomic E-state index is 13.7. The number of hydrogen-bond donors (Lipinski definition) is 0. The highest BCUT2D eigenvalue weighted by atomic mass is 19.1. The molecule has 1 aliphatic heterocycles. The van der Waals surface area contributed by atoms with Crippen LogP contribution in [0, 0.1) is 5.82 Å². The second kappa shape index (κ2) is 8.69. The number of benzene rings is 2. The van der Waals surface area contributed by atoms with Crippen molar-refractivity contribution in [3.63, 3.8) is 0 Å². The first-order valence-electron chi connectivity index (χ1n) is 10.4. The maximum Gasteiger partial charge on any atom is 0.254 e. The van der Waals surface area contributed by atoms with E-state index in [1.54, 1.807) is 17.0 Å². The lowest BCUT2D eigenvalue weighted by Gasteiger charge is -2.28. The van der Waals surface area contributed by atoms with Crippen LogP contribution in [0.25, 0.3) is 11.3 Å². The third kappa shape index (κ3) is 4.08. The molecule has 1 aromatic heterocycles. The van der Waals surface area contributed by atoms with Crippen molar-refractivity contribution in [3.8, 4) is 11.3 Å². The Kier molecular flexibility index (Phi) is 5.84. The summed E-state index contributed by atoms with van der Waals surface area (Å²) in [6.07, 6.45) is 2.22. The van der Waals surface area contributed by atoms with Crippen LogP contribution in [0.5, 0.6) is 0 Å². The van der Waals surface area contributed by atoms with Gasteiger partial charge < -0.3 is 14.3 Å². The number of carbonyl (C=O) groups excluding carboxylic acids is 1. The van der Waals surface area contributed by atoms with E-state index in [0.717, 1.165) is 48.6 Å². The van der Waals surface area contributed by atoms with E-state index in [9.17, 15) is 9.18 Å². The zero-order valence-electron chi connectivity index (χ0n) is 17.3. The van der Waals surface area contributed by atoms with Crippen LogP contribution < -0.4 is 4.90 Å². The average molecular weight is 407 g/mol. The Morgan fingerprint density at radius 2 is 1.87 bits per heavy atom. The van der Waals surface area contributed by atoms with Gasteiger partial charge in [0.2, 0.25) is 5.88 Å². The fourth-order valence-electron chi connectivity index (χ4n) is 3.88. The number of amides is 1. The Labute approximate surface area is 176 Å². The number of halogens is 1. The van der Waals surface area contributed by atoms with Gasteiger partial charge in [0.25, 0.3) is 5.91 Å². The van der Waals surface area contributed by atoms with Crippen molar-refractivity contribution in [1.29, 1.82) is 0 Å². The minimum Gasteiger partial charge on any atom is -0.340 e. The van der Waals surface area contributed by atoms with Gasteiger partial charge in [-0.2, -0.15) is 0 Å². The van der Waals surface area contributed by atoms with Gasteiger partial charge in [-0.25, -0.2) is 4.39 Å². The summed E-state index contributed by atoms with van der Waals surface area (Å²) in [6, 6.07) is 15.6. The minimum atomic E-state index is -0.419. The second-order valence-corrected chi connectivity index (χ2v) is 7.91. The standard InChI is InChI=1S/C24H26FN3O2/c1-17(2)28(23(29)19-11-8-12-20(25)15-19)16-21-22(18-9-4-3-5-10-18)26-30-24(21)27-13-6-7-14-27/h3-5,8-12,15,17H,6-7,13-14,16H2,1-2H3. The van der Waals surface area contributed by atoms with Crippen LogP contribution in [0.15, 0.2) is 59.1 Å². The van der Waals surface area contributed by atoms with Crippen LogP contribution in [-0.2, 0) is 6.54 Å². The highest BCUT2D eigenvalue weighted by Crippen LogP contribution is 2.34. The van der Waals surface area contributed by atoms with Crippen LogP contribution in [0.4, 0.5) is 10.3 Å². The molecule has 0 unspecified atom stereocenters. The van der Waals surface area contributed by atoms with Gasteiger partial charge in [-0.3, -0.25) is 4.79 Å². The minimum absolute atomic E-state index is 0.0780. The van der Waals surface area contributed by atoms with Crippen molar-refractivity contribution in [2.45, 2.75) is 39.3 Å². The van der Waals surface area contributed by atoms with Crippen LogP contribution in [0.1, 0.15) is 42.6 Å². The van der Waals surface area contributed by atoms with Gasteiger partial charge in [0.15, 0.2) is 0 Å². The molecule has 0 atom stereocenters. The van der Waals surface area contributed by atoms with Crippen LogP contribution in [-0.4, -0.2) is 35.1 Å². The SMILES string of the molecule is CC(C)N(Cc1c(-c2ccccc2)noc1N1CCCC1)C(=O)c1cccc(F)c1. The molecule has 30 heavy (non-hydrogen) atoms. The highest BCUT2D eigenvalue weighted by molar-refractivity contribution is 5.94. The van der Waals surface area contributed by atoms with E-state index in [1.165, 1.54) is 12.1 Å². The zero-order valence-corrected chi connectivity index (χ0v) is 17.3. The summed E-state index contributed by atoms with van der Waals surface area (Å²) in [7, 11) is 0. The smallest absolute Gasteiger partial charge is 0.254 e. The molecule has 5 nitrogen and oxygen atoms in total. The number of rotatable bonds is 6. The van der Waals surface area contributed by atoms with Gasteiger partial charge >= 0.3 is 0 Å². The molecule has 0 radical (unpaired) electrons. The van der Waals surface area contributed by atoms with E-state index in [1.807, 2.05) is 44.2 Å². The van der Waals surface area contributed by atoms with Crippen molar-refractivity contribution in [2.24, 2.45) is 0 Å². The lowest BCUT2D eigenvalue weighted by molar-refractivity contribution is 0.0690. The fraction of sp³-hybridized carbons (Fsp3) is 0.333. The largest absolute Gasteiger partial charge is 0.340 e. The molecule has 0 spiro atoms. The van der Waals surface area contributed by atoms with Crippen LogP contribution >= 0.6 is 0 Å². The molecule has 1 fully saturated rings. The Hall–Kier alpha value is -3.15. The van der Waals surface area contributed by atoms with E-state index in [0.29, 0.717) is 12.1 Å². The molecule has 1 amide bonds. The lowest BCUT2D eigenvalue weighted by Crippen LogP contribution is -2.37. The molecule has 2 aromatic carbocycles. The molecule has 1 saturated heterocycles. The highest BCUT2D eigenvalue weighted by Gasteiger charge is 2.29. The first-order valence-corrected chi connectivity index (χ1v) is 10.4. The first kappa shape index (κ1) is 20.1. The van der Waals surface area contributed by atoms with E-state index in [4.69, 9.17) is 4.52 Å². The van der Waals surface area contributed by atoms with Gasteiger partial charge in [0, 0.05) is 30.3 Å². The Morgan fingerprint density at radius 1 is 1.13 bits per heavy atom. The summed E-state index contributed by atoms with van der Waals surface area (Å²) in [5.74, 6) is 0.0957. The third-order valence-corrected chi connectivity index (χ3v) is 5.49. The molecule has 0 saturated carbocycles. The molecule has 6 heteroatoms. The fourth-order valence-corrected chi connectivity index (χ4v) is 3.88. The monoisotopic (exact) mass is 407 g/mol. The number of aromatic nitrogens is 1. The Bertz CT molecular complexity index is 1010. The van der Waals surface area contributed by atoms with E-state index in [-0.39, 0.29) is 11.9 Å². The average Bonchev–Trinajstić information content (AvgIpc) is 3.41. The predicted octanol–water partition coefficient (Wildman–Crippen LogP) is 5.13. The van der Waals surface area contributed by atoms with Gasteiger partial charge in [0.1, 0.15) is 11.5 Å². The number of anilines is 1. The van der Waals surface area contributed by atoms with Crippen molar-refractivity contribution < 1.29 is 13.7 Å². The van der Waals surface area contributed by atoms with Crippen molar-refractivity contribution in [3.05, 3.63) is 71.5 Å². The van der Waals surface area contributed by atoms with Crippen LogP contribution in [0.2, 0.25) is 0 Å². The summed E-state index contributed by atoms with van der Waals surface area (Å²) >= 11 is 0. The molecule has 4 rings (SSSR count). The van der Waals surface area contributed by atoms with Crippen LogP contribution in [0.3, 0.4) is 0 Å². The number of hydrogen-bond acceptors (Lipinski definition) is 4. The van der Waals surface area contributed by atoms with E-state index < -0.39 is 5.82 Å². The van der Waals surface area contributed by atoms with E-state index >= 15 is 0 Å². The summed E-state index contributed by atoms with van der Waals surface area (Å²) in [5.41, 5.74) is 2.92. The lowest BCUT2D eigenvalue weighted by atomic mass is 10.1. The topological polar surface area (TPSA) is 49.6 Å². The molecular weight excluding hydrogens is 381 g/mol. The molecular formula is C24H26FN3O2. The Morgan fingerprint density at radius 3 is 2.53 bits per heavy atom. The second-order valence-electron chi connectivity index (χ2n) is 7.91. The van der Waals surface area contributed by atoms with Crippen molar-refractivity contribution >= 4 is 11.8 Å². The summed E-state index contributed by atoms with van der Waals surface area (Å²) < 4.78 is 19.5. The quantitative estimate of drug-likeness (QED) is 0.568. The number of nitrogens with zero attached hydrogens (tertiary/aromatic N) is 3. The summed E-state index contributed by atoms with van der Waals surface area (Å²) in [4.78, 5) is 17.2. The molecule has 2 heterocycles. The normalized spacial score (nSPS) is 13.8. The summed E-state index contributed by atoms with van der Waals surface area (Å²) in [5, 5.41) is 4.37. The Balaban J connectivity index is 1.73. The maximum absolute atomic E-state index is 13.7. The molecule has 1 aliphatic rings. The van der Waals surface area contributed by atoms with Gasteiger partial charge in [-0.05, 0) is 44.9 Å². The third-order valence-electron chi connectivity index (χ3n) is 5.49.